The zero-order chi connectivity index (χ0) is 9.14. The molecule has 0 saturated heterocycles. The van der Waals surface area contributed by atoms with Gasteiger partial charge < -0.3 is 9.84 Å². The highest BCUT2D eigenvalue weighted by Crippen LogP contribution is 2.28. The minimum Gasteiger partial charge on any atom is -0.508 e. The Labute approximate surface area is 76.7 Å². The van der Waals surface area contributed by atoms with Crippen molar-refractivity contribution in [1.82, 2.24) is 0 Å². The van der Waals surface area contributed by atoms with E-state index in [0.717, 1.165) is 0 Å². The Balaban J connectivity index is 2.86. The first kappa shape index (κ1) is 9.20. The number of ether oxygens (including phenoxy) is 1. The minimum absolute atomic E-state index is 0.0899. The second-order valence-corrected chi connectivity index (χ2v) is 3.19. The molecular formula is C9H11ClO2. The van der Waals surface area contributed by atoms with Gasteiger partial charge in [-0.15, -0.1) is 0 Å². The van der Waals surface area contributed by atoms with E-state index in [2.05, 4.69) is 0 Å². The van der Waals surface area contributed by atoms with Gasteiger partial charge in [0, 0.05) is 6.07 Å². The van der Waals surface area contributed by atoms with Gasteiger partial charge in [-0.1, -0.05) is 11.6 Å². The van der Waals surface area contributed by atoms with Crippen molar-refractivity contribution in [3.05, 3.63) is 23.2 Å². The van der Waals surface area contributed by atoms with E-state index in [4.69, 9.17) is 21.4 Å². The summed E-state index contributed by atoms with van der Waals surface area (Å²) in [6.07, 6.45) is 0.0899. The summed E-state index contributed by atoms with van der Waals surface area (Å²) >= 11 is 5.79. The third-order valence-corrected chi connectivity index (χ3v) is 1.57. The molecule has 1 aromatic rings. The molecule has 0 fully saturated rings. The summed E-state index contributed by atoms with van der Waals surface area (Å²) in [5, 5.41) is 9.47. The third-order valence-electron chi connectivity index (χ3n) is 1.28. The smallest absolute Gasteiger partial charge is 0.138 e. The van der Waals surface area contributed by atoms with Gasteiger partial charge in [0.05, 0.1) is 11.1 Å². The molecule has 0 aliphatic carbocycles. The molecule has 0 spiro atoms. The summed E-state index contributed by atoms with van der Waals surface area (Å²) in [7, 11) is 0. The van der Waals surface area contributed by atoms with Gasteiger partial charge in [-0.25, -0.2) is 0 Å². The van der Waals surface area contributed by atoms with Gasteiger partial charge in [0.1, 0.15) is 11.5 Å². The SMILES string of the molecule is CC(C)Oc1ccc(O)cc1Cl. The van der Waals surface area contributed by atoms with Crippen LogP contribution in [0.2, 0.25) is 5.02 Å². The average Bonchev–Trinajstić information content (AvgIpc) is 1.94. The number of aromatic hydroxyl groups is 1. The van der Waals surface area contributed by atoms with E-state index in [1.54, 1.807) is 12.1 Å². The standard InChI is InChI=1S/C9H11ClO2/c1-6(2)12-9-4-3-7(11)5-8(9)10/h3-6,11H,1-2H3. The molecule has 12 heavy (non-hydrogen) atoms. The van der Waals surface area contributed by atoms with Gasteiger partial charge in [0.15, 0.2) is 0 Å². The molecule has 0 aromatic heterocycles. The van der Waals surface area contributed by atoms with Crippen molar-refractivity contribution in [1.29, 1.82) is 0 Å². The molecule has 0 aliphatic rings. The highest BCUT2D eigenvalue weighted by atomic mass is 35.5. The normalized spacial score (nSPS) is 10.3. The Hall–Kier alpha value is -0.890. The lowest BCUT2D eigenvalue weighted by Gasteiger charge is -2.10. The quantitative estimate of drug-likeness (QED) is 0.770. The number of phenolic OH excluding ortho intramolecular Hbond substituents is 1. The van der Waals surface area contributed by atoms with Crippen LogP contribution in [0.4, 0.5) is 0 Å². The molecule has 0 saturated carbocycles. The van der Waals surface area contributed by atoms with Crippen molar-refractivity contribution in [2.75, 3.05) is 0 Å². The lowest BCUT2D eigenvalue weighted by molar-refractivity contribution is 0.242. The lowest BCUT2D eigenvalue weighted by Crippen LogP contribution is -2.05. The van der Waals surface area contributed by atoms with Gasteiger partial charge in [0.25, 0.3) is 0 Å². The summed E-state index contributed by atoms with van der Waals surface area (Å²) in [5.41, 5.74) is 0. The van der Waals surface area contributed by atoms with Crippen molar-refractivity contribution < 1.29 is 9.84 Å². The molecule has 1 N–H and O–H groups in total. The summed E-state index contributed by atoms with van der Waals surface area (Å²) in [4.78, 5) is 0. The molecule has 0 aliphatic heterocycles. The molecule has 0 bridgehead atoms. The number of hydrogen-bond acceptors (Lipinski definition) is 2. The second-order valence-electron chi connectivity index (χ2n) is 2.78. The maximum absolute atomic E-state index is 9.03. The summed E-state index contributed by atoms with van der Waals surface area (Å²) in [6.45, 7) is 3.84. The first-order valence-corrected chi connectivity index (χ1v) is 4.12. The van der Waals surface area contributed by atoms with E-state index in [0.29, 0.717) is 10.8 Å². The zero-order valence-electron chi connectivity index (χ0n) is 7.04. The van der Waals surface area contributed by atoms with Crippen LogP contribution in [0, 0.1) is 0 Å². The van der Waals surface area contributed by atoms with E-state index >= 15 is 0 Å². The van der Waals surface area contributed by atoms with Gasteiger partial charge in [-0.2, -0.15) is 0 Å². The second kappa shape index (κ2) is 3.68. The number of hydrogen-bond donors (Lipinski definition) is 1. The maximum Gasteiger partial charge on any atom is 0.138 e. The fraction of sp³-hybridized carbons (Fsp3) is 0.333. The summed E-state index contributed by atoms with van der Waals surface area (Å²) in [6, 6.07) is 4.65. The van der Waals surface area contributed by atoms with E-state index in [1.165, 1.54) is 6.07 Å². The highest BCUT2D eigenvalue weighted by Gasteiger charge is 2.03. The molecule has 0 atom stereocenters. The number of rotatable bonds is 2. The molecule has 3 heteroatoms. The molecule has 0 unspecified atom stereocenters. The Morgan fingerprint density at radius 2 is 2.08 bits per heavy atom. The fourth-order valence-electron chi connectivity index (χ4n) is 0.839. The van der Waals surface area contributed by atoms with Crippen LogP contribution in [0.25, 0.3) is 0 Å². The molecule has 0 radical (unpaired) electrons. The maximum atomic E-state index is 9.03. The Morgan fingerprint density at radius 3 is 2.58 bits per heavy atom. The van der Waals surface area contributed by atoms with Crippen molar-refractivity contribution in [3.63, 3.8) is 0 Å². The Bertz CT molecular complexity index is 271. The van der Waals surface area contributed by atoms with Crippen molar-refractivity contribution in [3.8, 4) is 11.5 Å². The Morgan fingerprint density at radius 1 is 1.42 bits per heavy atom. The lowest BCUT2D eigenvalue weighted by atomic mass is 10.3. The van der Waals surface area contributed by atoms with E-state index < -0.39 is 0 Å². The molecule has 0 heterocycles. The van der Waals surface area contributed by atoms with Crippen LogP contribution in [-0.4, -0.2) is 11.2 Å². The monoisotopic (exact) mass is 186 g/mol. The van der Waals surface area contributed by atoms with Crippen LogP contribution in [0.15, 0.2) is 18.2 Å². The number of benzene rings is 1. The molecular weight excluding hydrogens is 176 g/mol. The predicted octanol–water partition coefficient (Wildman–Crippen LogP) is 2.83. The summed E-state index contributed by atoms with van der Waals surface area (Å²) < 4.78 is 5.36. The highest BCUT2D eigenvalue weighted by molar-refractivity contribution is 6.32. The topological polar surface area (TPSA) is 29.5 Å². The fourth-order valence-corrected chi connectivity index (χ4v) is 1.06. The molecule has 1 aromatic carbocycles. The van der Waals surface area contributed by atoms with Gasteiger partial charge in [0.2, 0.25) is 0 Å². The van der Waals surface area contributed by atoms with Crippen molar-refractivity contribution in [2.24, 2.45) is 0 Å². The largest absolute Gasteiger partial charge is 0.508 e. The van der Waals surface area contributed by atoms with Crippen LogP contribution in [0.5, 0.6) is 11.5 Å². The van der Waals surface area contributed by atoms with Crippen LogP contribution >= 0.6 is 11.6 Å². The zero-order valence-corrected chi connectivity index (χ0v) is 7.80. The number of phenols is 1. The molecule has 0 amide bonds. The van der Waals surface area contributed by atoms with Crippen LogP contribution in [0.3, 0.4) is 0 Å². The van der Waals surface area contributed by atoms with Crippen LogP contribution in [0.1, 0.15) is 13.8 Å². The first-order valence-electron chi connectivity index (χ1n) is 3.75. The van der Waals surface area contributed by atoms with Crippen LogP contribution in [-0.2, 0) is 0 Å². The Kier molecular flexibility index (Phi) is 2.82. The van der Waals surface area contributed by atoms with Gasteiger partial charge in [-0.05, 0) is 26.0 Å². The third kappa shape index (κ3) is 2.31. The van der Waals surface area contributed by atoms with Crippen LogP contribution < -0.4 is 4.74 Å². The molecule has 2 nitrogen and oxygen atoms in total. The van der Waals surface area contributed by atoms with E-state index in [-0.39, 0.29) is 11.9 Å². The summed E-state index contributed by atoms with van der Waals surface area (Å²) in [5.74, 6) is 0.751. The van der Waals surface area contributed by atoms with Crippen molar-refractivity contribution >= 4 is 11.6 Å². The van der Waals surface area contributed by atoms with E-state index in [1.807, 2.05) is 13.8 Å². The molecule has 1 rings (SSSR count). The minimum atomic E-state index is 0.0899. The first-order chi connectivity index (χ1) is 5.59. The molecule has 66 valence electrons. The van der Waals surface area contributed by atoms with Gasteiger partial charge in [-0.3, -0.25) is 0 Å². The van der Waals surface area contributed by atoms with E-state index in [9.17, 15) is 0 Å². The average molecular weight is 187 g/mol. The van der Waals surface area contributed by atoms with Crippen molar-refractivity contribution in [2.45, 2.75) is 20.0 Å². The van der Waals surface area contributed by atoms with Gasteiger partial charge >= 0.3 is 0 Å². The number of halogens is 1. The predicted molar refractivity (Wildman–Crippen MR) is 48.9 cm³/mol.